The molecule has 5 nitrogen and oxygen atoms in total. The van der Waals surface area contributed by atoms with Gasteiger partial charge in [-0.25, -0.2) is 9.97 Å². The van der Waals surface area contributed by atoms with Crippen LogP contribution < -0.4 is 10.2 Å². The molecular formula is C14H25N5. The number of nitrogens with one attached hydrogen (secondary N) is 1. The average Bonchev–Trinajstić information content (AvgIpc) is 3.20. The highest BCUT2D eigenvalue weighted by Crippen LogP contribution is 2.19. The second-order valence-electron chi connectivity index (χ2n) is 5.62. The molecule has 1 N–H and O–H groups in total. The van der Waals surface area contributed by atoms with Crippen LogP contribution in [0.1, 0.15) is 24.8 Å². The minimum atomic E-state index is 0.730. The Morgan fingerprint density at radius 1 is 1.16 bits per heavy atom. The van der Waals surface area contributed by atoms with E-state index in [-0.39, 0.29) is 0 Å². The molecular weight excluding hydrogens is 238 g/mol. The lowest BCUT2D eigenvalue weighted by Crippen LogP contribution is -2.25. The summed E-state index contributed by atoms with van der Waals surface area (Å²) in [7, 11) is 6.24. The van der Waals surface area contributed by atoms with Crippen molar-refractivity contribution in [2.75, 3.05) is 39.1 Å². The van der Waals surface area contributed by atoms with E-state index in [4.69, 9.17) is 0 Å². The second-order valence-corrected chi connectivity index (χ2v) is 5.62. The molecule has 0 aliphatic heterocycles. The van der Waals surface area contributed by atoms with Crippen LogP contribution >= 0.6 is 0 Å². The van der Waals surface area contributed by atoms with Crippen LogP contribution in [-0.4, -0.2) is 55.1 Å². The van der Waals surface area contributed by atoms with Gasteiger partial charge in [-0.05, 0) is 39.9 Å². The first kappa shape index (κ1) is 14.2. The number of rotatable bonds is 8. The Hall–Kier alpha value is -1.20. The summed E-state index contributed by atoms with van der Waals surface area (Å²) in [5.74, 6) is 0.814. The summed E-state index contributed by atoms with van der Waals surface area (Å²) in [6.45, 7) is 2.96. The normalized spacial score (nSPS) is 14.9. The fraction of sp³-hybridized carbons (Fsp3) is 0.714. The molecule has 19 heavy (non-hydrogen) atoms. The smallest absolute Gasteiger partial charge is 0.224 e. The highest BCUT2D eigenvalue weighted by molar-refractivity contribution is 5.28. The van der Waals surface area contributed by atoms with Crippen LogP contribution in [0.5, 0.6) is 0 Å². The lowest BCUT2D eigenvalue weighted by Gasteiger charge is -2.18. The minimum Gasteiger partial charge on any atom is -0.344 e. The van der Waals surface area contributed by atoms with Gasteiger partial charge in [-0.1, -0.05) is 0 Å². The number of nitrogens with zero attached hydrogens (tertiary/aromatic N) is 4. The molecule has 1 fully saturated rings. The summed E-state index contributed by atoms with van der Waals surface area (Å²) in [5, 5.41) is 3.47. The molecule has 1 saturated carbocycles. The lowest BCUT2D eigenvalue weighted by atomic mass is 10.3. The van der Waals surface area contributed by atoms with Gasteiger partial charge in [0, 0.05) is 44.1 Å². The van der Waals surface area contributed by atoms with Crippen LogP contribution in [0.2, 0.25) is 0 Å². The van der Waals surface area contributed by atoms with E-state index in [0.29, 0.717) is 0 Å². The standard InChI is InChI=1S/C14H25N5/c1-18(2)7-4-8-19(3)14-16-10-12(11-17-14)9-15-13-5-6-13/h10-11,13,15H,4-9H2,1-3H3. The zero-order valence-electron chi connectivity index (χ0n) is 12.3. The van der Waals surface area contributed by atoms with E-state index in [2.05, 4.69) is 39.2 Å². The molecule has 0 amide bonds. The third-order valence-electron chi connectivity index (χ3n) is 3.30. The first-order valence-electron chi connectivity index (χ1n) is 7.05. The Labute approximate surface area is 116 Å². The van der Waals surface area contributed by atoms with Crippen LogP contribution in [-0.2, 0) is 6.54 Å². The predicted molar refractivity (Wildman–Crippen MR) is 78.3 cm³/mol. The summed E-state index contributed by atoms with van der Waals surface area (Å²) in [6.07, 6.45) is 7.61. The van der Waals surface area contributed by atoms with Gasteiger partial charge in [0.05, 0.1) is 0 Å². The van der Waals surface area contributed by atoms with Crippen molar-refractivity contribution in [3.63, 3.8) is 0 Å². The fourth-order valence-corrected chi connectivity index (χ4v) is 1.91. The van der Waals surface area contributed by atoms with E-state index >= 15 is 0 Å². The van der Waals surface area contributed by atoms with E-state index in [9.17, 15) is 0 Å². The SMILES string of the molecule is CN(C)CCCN(C)c1ncc(CNC2CC2)cn1. The fourth-order valence-electron chi connectivity index (χ4n) is 1.91. The summed E-state index contributed by atoms with van der Waals surface area (Å²) in [6, 6.07) is 0.730. The molecule has 0 unspecified atom stereocenters. The van der Waals surface area contributed by atoms with Crippen LogP contribution in [0.15, 0.2) is 12.4 Å². The molecule has 106 valence electrons. The van der Waals surface area contributed by atoms with Crippen LogP contribution in [0.4, 0.5) is 5.95 Å². The summed E-state index contributed by atoms with van der Waals surface area (Å²) < 4.78 is 0. The second kappa shape index (κ2) is 6.82. The third-order valence-corrected chi connectivity index (χ3v) is 3.30. The van der Waals surface area contributed by atoms with E-state index in [1.807, 2.05) is 19.4 Å². The van der Waals surface area contributed by atoms with Crippen molar-refractivity contribution in [2.45, 2.75) is 31.8 Å². The van der Waals surface area contributed by atoms with Gasteiger partial charge in [0.25, 0.3) is 0 Å². The van der Waals surface area contributed by atoms with E-state index < -0.39 is 0 Å². The van der Waals surface area contributed by atoms with Crippen molar-refractivity contribution in [1.82, 2.24) is 20.2 Å². The summed E-state index contributed by atoms with van der Waals surface area (Å²) in [4.78, 5) is 13.2. The van der Waals surface area contributed by atoms with Crippen molar-refractivity contribution in [3.8, 4) is 0 Å². The average molecular weight is 263 g/mol. The Morgan fingerprint density at radius 3 is 2.42 bits per heavy atom. The van der Waals surface area contributed by atoms with Gasteiger partial charge in [0.1, 0.15) is 0 Å². The third kappa shape index (κ3) is 5.12. The molecule has 1 aromatic heterocycles. The van der Waals surface area contributed by atoms with Crippen molar-refractivity contribution in [2.24, 2.45) is 0 Å². The predicted octanol–water partition coefficient (Wildman–Crippen LogP) is 1.12. The molecule has 0 saturated heterocycles. The topological polar surface area (TPSA) is 44.3 Å². The zero-order chi connectivity index (χ0) is 13.7. The number of anilines is 1. The Morgan fingerprint density at radius 2 is 1.84 bits per heavy atom. The molecule has 5 heteroatoms. The maximum Gasteiger partial charge on any atom is 0.224 e. The molecule has 0 radical (unpaired) electrons. The Bertz CT molecular complexity index is 372. The van der Waals surface area contributed by atoms with E-state index in [0.717, 1.165) is 43.6 Å². The molecule has 1 heterocycles. The highest BCUT2D eigenvalue weighted by atomic mass is 15.2. The molecule has 2 rings (SSSR count). The van der Waals surface area contributed by atoms with Crippen LogP contribution in [0.3, 0.4) is 0 Å². The molecule has 1 aliphatic rings. The number of hydrogen-bond donors (Lipinski definition) is 1. The van der Waals surface area contributed by atoms with Gasteiger partial charge in [0.15, 0.2) is 0 Å². The van der Waals surface area contributed by atoms with Gasteiger partial charge >= 0.3 is 0 Å². The molecule has 1 aliphatic carbocycles. The summed E-state index contributed by atoms with van der Waals surface area (Å²) in [5.41, 5.74) is 1.16. The zero-order valence-corrected chi connectivity index (χ0v) is 12.3. The minimum absolute atomic E-state index is 0.730. The summed E-state index contributed by atoms with van der Waals surface area (Å²) >= 11 is 0. The number of aromatic nitrogens is 2. The molecule has 0 atom stereocenters. The van der Waals surface area contributed by atoms with E-state index in [1.165, 1.54) is 12.8 Å². The quantitative estimate of drug-likeness (QED) is 0.761. The van der Waals surface area contributed by atoms with Crippen LogP contribution in [0.25, 0.3) is 0 Å². The van der Waals surface area contributed by atoms with Gasteiger partial charge in [0.2, 0.25) is 5.95 Å². The largest absolute Gasteiger partial charge is 0.344 e. The van der Waals surface area contributed by atoms with Crippen molar-refractivity contribution < 1.29 is 0 Å². The first-order valence-corrected chi connectivity index (χ1v) is 7.05. The van der Waals surface area contributed by atoms with Gasteiger partial charge in [-0.2, -0.15) is 0 Å². The Kier molecular flexibility index (Phi) is 5.10. The molecule has 0 bridgehead atoms. The molecule has 0 spiro atoms. The van der Waals surface area contributed by atoms with Crippen LogP contribution in [0, 0.1) is 0 Å². The van der Waals surface area contributed by atoms with Crippen molar-refractivity contribution in [1.29, 1.82) is 0 Å². The monoisotopic (exact) mass is 263 g/mol. The Balaban J connectivity index is 1.75. The van der Waals surface area contributed by atoms with E-state index in [1.54, 1.807) is 0 Å². The van der Waals surface area contributed by atoms with Gasteiger partial charge in [-0.3, -0.25) is 0 Å². The molecule has 0 aromatic carbocycles. The maximum atomic E-state index is 4.44. The van der Waals surface area contributed by atoms with Crippen molar-refractivity contribution >= 4 is 5.95 Å². The van der Waals surface area contributed by atoms with Gasteiger partial charge < -0.3 is 15.1 Å². The highest BCUT2D eigenvalue weighted by Gasteiger charge is 2.19. The van der Waals surface area contributed by atoms with Crippen molar-refractivity contribution in [3.05, 3.63) is 18.0 Å². The maximum absolute atomic E-state index is 4.44. The first-order chi connectivity index (χ1) is 9.15. The lowest BCUT2D eigenvalue weighted by molar-refractivity contribution is 0.401. The molecule has 1 aromatic rings. The van der Waals surface area contributed by atoms with Gasteiger partial charge in [-0.15, -0.1) is 0 Å². The number of hydrogen-bond acceptors (Lipinski definition) is 5.